The van der Waals surface area contributed by atoms with E-state index in [0.717, 1.165) is 60.8 Å². The van der Waals surface area contributed by atoms with Crippen LogP contribution in [-0.4, -0.2) is 78.6 Å². The lowest BCUT2D eigenvalue weighted by atomic mass is 9.79. The fourth-order valence-electron chi connectivity index (χ4n) is 5.74. The highest BCUT2D eigenvalue weighted by atomic mass is 35.5. The largest absolute Gasteiger partial charge is 0.494 e. The van der Waals surface area contributed by atoms with Crippen LogP contribution in [0.15, 0.2) is 22.7 Å². The number of amides is 1. The van der Waals surface area contributed by atoms with Crippen LogP contribution in [0.25, 0.3) is 22.6 Å². The number of hydrogen-bond donors (Lipinski definition) is 1. The second kappa shape index (κ2) is 11.9. The number of nitrogens with zero attached hydrogens (tertiary/aromatic N) is 5. The Kier molecular flexibility index (Phi) is 8.42. The number of ether oxygens (including phenoxy) is 2. The molecule has 41 heavy (non-hydrogen) atoms. The van der Waals surface area contributed by atoms with Gasteiger partial charge >= 0.3 is 6.09 Å². The van der Waals surface area contributed by atoms with E-state index in [4.69, 9.17) is 35.6 Å². The summed E-state index contributed by atoms with van der Waals surface area (Å²) in [6, 6.07) is 5.59. The SMILES string of the molecule is CNCCCOc1ccc(Cl)c(-c2nc(-c3c(C)noc3C)c(C)c(N3CC4(CCN(C(=O)OC(C)C)C4)C3)n2)c1. The third-order valence-electron chi connectivity index (χ3n) is 7.79. The Morgan fingerprint density at radius 2 is 1.98 bits per heavy atom. The van der Waals surface area contributed by atoms with Crippen LogP contribution in [0.4, 0.5) is 10.6 Å². The van der Waals surface area contributed by atoms with Gasteiger partial charge in [0.15, 0.2) is 5.82 Å². The van der Waals surface area contributed by atoms with E-state index >= 15 is 0 Å². The fraction of sp³-hybridized carbons (Fsp3) is 0.533. The second-order valence-electron chi connectivity index (χ2n) is 11.5. The topological polar surface area (TPSA) is 106 Å². The smallest absolute Gasteiger partial charge is 0.410 e. The van der Waals surface area contributed by atoms with Gasteiger partial charge < -0.3 is 29.1 Å². The van der Waals surface area contributed by atoms with Crippen molar-refractivity contribution in [2.75, 3.05) is 51.3 Å². The molecule has 0 bridgehead atoms. The van der Waals surface area contributed by atoms with Crippen molar-refractivity contribution in [3.05, 3.63) is 40.2 Å². The zero-order valence-electron chi connectivity index (χ0n) is 24.7. The predicted molar refractivity (Wildman–Crippen MR) is 159 cm³/mol. The van der Waals surface area contributed by atoms with Crippen LogP contribution in [0.2, 0.25) is 5.02 Å². The Balaban J connectivity index is 1.47. The third-order valence-corrected chi connectivity index (χ3v) is 8.12. The first kappa shape index (κ1) is 29.1. The van der Waals surface area contributed by atoms with Gasteiger partial charge in [0, 0.05) is 42.7 Å². The van der Waals surface area contributed by atoms with E-state index in [9.17, 15) is 4.79 Å². The molecule has 4 heterocycles. The van der Waals surface area contributed by atoms with Crippen LogP contribution in [-0.2, 0) is 4.74 Å². The first-order valence-electron chi connectivity index (χ1n) is 14.2. The number of anilines is 1. The van der Waals surface area contributed by atoms with E-state index < -0.39 is 0 Å². The van der Waals surface area contributed by atoms with Gasteiger partial charge in [0.05, 0.1) is 34.7 Å². The van der Waals surface area contributed by atoms with Gasteiger partial charge in [-0.3, -0.25) is 0 Å². The number of carbonyl (C=O) groups is 1. The lowest BCUT2D eigenvalue weighted by molar-refractivity contribution is 0.0780. The molecule has 10 nitrogen and oxygen atoms in total. The Morgan fingerprint density at radius 1 is 1.20 bits per heavy atom. The number of rotatable bonds is 9. The second-order valence-corrected chi connectivity index (χ2v) is 11.9. The summed E-state index contributed by atoms with van der Waals surface area (Å²) < 4.78 is 16.9. The van der Waals surface area contributed by atoms with Crippen LogP contribution < -0.4 is 15.0 Å². The molecule has 11 heteroatoms. The van der Waals surface area contributed by atoms with E-state index in [0.29, 0.717) is 47.6 Å². The maximum Gasteiger partial charge on any atom is 0.410 e. The third kappa shape index (κ3) is 5.99. The van der Waals surface area contributed by atoms with Crippen molar-refractivity contribution >= 4 is 23.5 Å². The van der Waals surface area contributed by atoms with Crippen molar-refractivity contribution < 1.29 is 18.8 Å². The van der Waals surface area contributed by atoms with E-state index in [-0.39, 0.29) is 17.6 Å². The minimum absolute atomic E-state index is 0.0233. The quantitative estimate of drug-likeness (QED) is 0.331. The summed E-state index contributed by atoms with van der Waals surface area (Å²) in [5.74, 6) is 2.77. The summed E-state index contributed by atoms with van der Waals surface area (Å²) in [5, 5.41) is 7.85. The van der Waals surface area contributed by atoms with E-state index in [1.54, 1.807) is 0 Å². The summed E-state index contributed by atoms with van der Waals surface area (Å²) in [6.45, 7) is 14.0. The van der Waals surface area contributed by atoms with E-state index in [2.05, 4.69) is 15.4 Å². The van der Waals surface area contributed by atoms with Gasteiger partial charge in [-0.1, -0.05) is 16.8 Å². The molecule has 1 amide bonds. The molecular weight excluding hydrogens is 544 g/mol. The lowest BCUT2D eigenvalue weighted by Gasteiger charge is -2.49. The number of aryl methyl sites for hydroxylation is 2. The number of benzene rings is 1. The predicted octanol–water partition coefficient (Wildman–Crippen LogP) is 5.42. The van der Waals surface area contributed by atoms with Gasteiger partial charge in [-0.25, -0.2) is 14.8 Å². The summed E-state index contributed by atoms with van der Waals surface area (Å²) in [6.07, 6.45) is 1.45. The molecule has 5 rings (SSSR count). The number of likely N-dealkylation sites (tertiary alicyclic amines) is 1. The highest BCUT2D eigenvalue weighted by molar-refractivity contribution is 6.33. The summed E-state index contributed by atoms with van der Waals surface area (Å²) in [4.78, 5) is 26.7. The number of aromatic nitrogens is 3. The molecule has 0 radical (unpaired) electrons. The molecule has 2 aliphatic rings. The van der Waals surface area contributed by atoms with Gasteiger partial charge in [0.2, 0.25) is 0 Å². The molecular formula is C30H39ClN6O4. The molecule has 0 saturated carbocycles. The average Bonchev–Trinajstić information content (AvgIpc) is 3.51. The van der Waals surface area contributed by atoms with Crippen LogP contribution >= 0.6 is 11.6 Å². The molecule has 1 aromatic carbocycles. The van der Waals surface area contributed by atoms with Crippen LogP contribution in [0, 0.1) is 26.2 Å². The van der Waals surface area contributed by atoms with Crippen molar-refractivity contribution in [2.24, 2.45) is 5.41 Å². The molecule has 2 aromatic heterocycles. The van der Waals surface area contributed by atoms with Gasteiger partial charge in [0.25, 0.3) is 0 Å². The molecule has 2 aliphatic heterocycles. The minimum atomic E-state index is -0.237. The summed E-state index contributed by atoms with van der Waals surface area (Å²) in [5.41, 5.74) is 4.07. The van der Waals surface area contributed by atoms with Gasteiger partial charge in [-0.15, -0.1) is 0 Å². The van der Waals surface area contributed by atoms with Crippen molar-refractivity contribution in [1.82, 2.24) is 25.3 Å². The number of halogens is 1. The molecule has 220 valence electrons. The van der Waals surface area contributed by atoms with Crippen molar-refractivity contribution in [2.45, 2.75) is 53.6 Å². The molecule has 2 saturated heterocycles. The Morgan fingerprint density at radius 3 is 2.66 bits per heavy atom. The zero-order chi connectivity index (χ0) is 29.3. The van der Waals surface area contributed by atoms with Crippen molar-refractivity contribution in [1.29, 1.82) is 0 Å². The lowest BCUT2D eigenvalue weighted by Crippen LogP contribution is -2.58. The van der Waals surface area contributed by atoms with Crippen molar-refractivity contribution in [3.63, 3.8) is 0 Å². The highest BCUT2D eigenvalue weighted by Gasteiger charge is 2.50. The molecule has 3 aromatic rings. The van der Waals surface area contributed by atoms with Crippen LogP contribution in [0.1, 0.15) is 43.7 Å². The standard InChI is InChI=1S/C30H39ClN6O4/c1-18(2)40-29(38)36-12-10-30(15-36)16-37(17-30)28-19(3)26(25-20(4)35-41-21(25)5)33-27(34-28)23-14-22(8-9-24(23)31)39-13-7-11-32-6/h8-9,14,18,32H,7,10-13,15-17H2,1-6H3. The highest BCUT2D eigenvalue weighted by Crippen LogP contribution is 2.44. The van der Waals surface area contributed by atoms with Crippen LogP contribution in [0.3, 0.4) is 0 Å². The number of hydrogen-bond acceptors (Lipinski definition) is 9. The van der Waals surface area contributed by atoms with E-state index in [1.165, 1.54) is 0 Å². The van der Waals surface area contributed by atoms with Gasteiger partial charge in [-0.2, -0.15) is 0 Å². The van der Waals surface area contributed by atoms with Crippen LogP contribution in [0.5, 0.6) is 5.75 Å². The van der Waals surface area contributed by atoms with Gasteiger partial charge in [0.1, 0.15) is 17.3 Å². The minimum Gasteiger partial charge on any atom is -0.494 e. The first-order valence-corrected chi connectivity index (χ1v) is 14.6. The molecule has 0 aliphatic carbocycles. The molecule has 2 fully saturated rings. The molecule has 0 unspecified atom stereocenters. The summed E-state index contributed by atoms with van der Waals surface area (Å²) in [7, 11) is 1.92. The normalized spacial score (nSPS) is 16.0. The Bertz CT molecular complexity index is 1400. The maximum absolute atomic E-state index is 12.5. The molecule has 1 spiro atoms. The molecule has 0 atom stereocenters. The van der Waals surface area contributed by atoms with Crippen molar-refractivity contribution in [3.8, 4) is 28.4 Å². The zero-order valence-corrected chi connectivity index (χ0v) is 25.5. The average molecular weight is 583 g/mol. The number of carbonyl (C=O) groups excluding carboxylic acids is 1. The Hall–Kier alpha value is -3.37. The maximum atomic E-state index is 12.5. The Labute approximate surface area is 246 Å². The number of nitrogens with one attached hydrogen (secondary N) is 1. The molecule has 1 N–H and O–H groups in total. The fourth-order valence-corrected chi connectivity index (χ4v) is 5.94. The van der Waals surface area contributed by atoms with Gasteiger partial charge in [-0.05, 0) is 79.3 Å². The summed E-state index contributed by atoms with van der Waals surface area (Å²) >= 11 is 6.71. The monoisotopic (exact) mass is 582 g/mol. The van der Waals surface area contributed by atoms with E-state index in [1.807, 2.05) is 64.8 Å². The first-order chi connectivity index (χ1) is 19.6.